The Morgan fingerprint density at radius 1 is 1.42 bits per heavy atom. The predicted octanol–water partition coefficient (Wildman–Crippen LogP) is -0.512. The van der Waals surface area contributed by atoms with Gasteiger partial charge in [0, 0.05) is 19.3 Å². The van der Waals surface area contributed by atoms with Crippen molar-refractivity contribution < 1.29 is 10.2 Å². The van der Waals surface area contributed by atoms with Gasteiger partial charge >= 0.3 is 0 Å². The van der Waals surface area contributed by atoms with Crippen LogP contribution in [-0.4, -0.2) is 56.2 Å². The first-order chi connectivity index (χ1) is 9.15. The SMILES string of the molecule is O[C@@H]1[C@@H](Nc2nc(Cl)nn3cccc23)CNC[C@@H]1O. The number of rotatable bonds is 2. The number of piperidine rings is 1. The van der Waals surface area contributed by atoms with Crippen LogP contribution in [0.25, 0.3) is 5.52 Å². The molecule has 1 saturated heterocycles. The first-order valence-electron chi connectivity index (χ1n) is 5.99. The number of hydrogen-bond acceptors (Lipinski definition) is 6. The molecule has 0 unspecified atom stereocenters. The highest BCUT2D eigenvalue weighted by molar-refractivity contribution is 6.28. The number of fused-ring (bicyclic) bond motifs is 1. The zero-order chi connectivity index (χ0) is 13.4. The maximum atomic E-state index is 9.96. The quantitative estimate of drug-likeness (QED) is 0.593. The fourth-order valence-corrected chi connectivity index (χ4v) is 2.39. The van der Waals surface area contributed by atoms with Gasteiger partial charge in [-0.25, -0.2) is 4.52 Å². The Balaban J connectivity index is 1.90. The summed E-state index contributed by atoms with van der Waals surface area (Å²) < 4.78 is 1.61. The number of aliphatic hydroxyl groups excluding tert-OH is 2. The largest absolute Gasteiger partial charge is 0.389 e. The maximum Gasteiger partial charge on any atom is 0.243 e. The van der Waals surface area contributed by atoms with Crippen LogP contribution >= 0.6 is 11.6 Å². The van der Waals surface area contributed by atoms with Gasteiger partial charge in [-0.3, -0.25) is 0 Å². The van der Waals surface area contributed by atoms with Crippen LogP contribution in [0.3, 0.4) is 0 Å². The van der Waals surface area contributed by atoms with Gasteiger partial charge in [0.25, 0.3) is 0 Å². The molecule has 7 nitrogen and oxygen atoms in total. The smallest absolute Gasteiger partial charge is 0.243 e. The molecule has 0 radical (unpaired) electrons. The van der Waals surface area contributed by atoms with Crippen LogP contribution in [-0.2, 0) is 0 Å². The minimum atomic E-state index is -0.856. The first kappa shape index (κ1) is 12.6. The highest BCUT2D eigenvalue weighted by atomic mass is 35.5. The monoisotopic (exact) mass is 283 g/mol. The summed E-state index contributed by atoms with van der Waals surface area (Å²) in [5.41, 5.74) is 0.761. The molecule has 1 aliphatic rings. The number of β-amino-alcohol motifs (C(OH)–C–C–N with tert-alkyl or cyclic N) is 1. The highest BCUT2D eigenvalue weighted by Gasteiger charge is 2.30. The number of nitrogens with zero attached hydrogens (tertiary/aromatic N) is 3. The molecule has 0 aromatic carbocycles. The summed E-state index contributed by atoms with van der Waals surface area (Å²) in [7, 11) is 0. The van der Waals surface area contributed by atoms with E-state index in [2.05, 4.69) is 20.7 Å². The molecular weight excluding hydrogens is 270 g/mol. The van der Waals surface area contributed by atoms with Crippen LogP contribution in [0.15, 0.2) is 18.3 Å². The second kappa shape index (κ2) is 4.93. The summed E-state index contributed by atoms with van der Waals surface area (Å²) >= 11 is 5.85. The minimum Gasteiger partial charge on any atom is -0.389 e. The van der Waals surface area contributed by atoms with E-state index >= 15 is 0 Å². The van der Waals surface area contributed by atoms with Gasteiger partial charge in [0.1, 0.15) is 11.6 Å². The van der Waals surface area contributed by atoms with Gasteiger partial charge in [0.05, 0.1) is 12.1 Å². The Hall–Kier alpha value is -1.41. The van der Waals surface area contributed by atoms with Crippen LogP contribution in [0.5, 0.6) is 0 Å². The number of anilines is 1. The van der Waals surface area contributed by atoms with E-state index in [0.29, 0.717) is 18.9 Å². The third-order valence-electron chi connectivity index (χ3n) is 3.21. The Labute approximate surface area is 114 Å². The number of aliphatic hydroxyl groups is 2. The topological polar surface area (TPSA) is 94.7 Å². The summed E-state index contributed by atoms with van der Waals surface area (Å²) in [6, 6.07) is 3.33. The second-order valence-electron chi connectivity index (χ2n) is 4.53. The van der Waals surface area contributed by atoms with Crippen LogP contribution in [0, 0.1) is 0 Å². The summed E-state index contributed by atoms with van der Waals surface area (Å²) in [6.45, 7) is 0.914. The first-order valence-corrected chi connectivity index (χ1v) is 6.37. The van der Waals surface area contributed by atoms with Gasteiger partial charge in [0.2, 0.25) is 5.28 Å². The molecule has 8 heteroatoms. The molecule has 0 bridgehead atoms. The van der Waals surface area contributed by atoms with Crippen molar-refractivity contribution in [3.8, 4) is 0 Å². The fraction of sp³-hybridized carbons (Fsp3) is 0.455. The van der Waals surface area contributed by atoms with E-state index in [1.54, 1.807) is 10.7 Å². The van der Waals surface area contributed by atoms with E-state index < -0.39 is 12.2 Å². The van der Waals surface area contributed by atoms with E-state index in [1.807, 2.05) is 12.1 Å². The van der Waals surface area contributed by atoms with Gasteiger partial charge in [-0.15, -0.1) is 5.10 Å². The van der Waals surface area contributed by atoms with Crippen LogP contribution in [0.2, 0.25) is 5.28 Å². The lowest BCUT2D eigenvalue weighted by molar-refractivity contribution is -0.00697. The van der Waals surface area contributed by atoms with E-state index in [9.17, 15) is 10.2 Å². The zero-order valence-corrected chi connectivity index (χ0v) is 10.7. The molecule has 2 aromatic rings. The molecule has 4 N–H and O–H groups in total. The minimum absolute atomic E-state index is 0.116. The van der Waals surface area contributed by atoms with Gasteiger partial charge < -0.3 is 20.8 Å². The number of aromatic nitrogens is 3. The molecule has 0 saturated carbocycles. The second-order valence-corrected chi connectivity index (χ2v) is 4.87. The average molecular weight is 284 g/mol. The normalized spacial score (nSPS) is 27.6. The maximum absolute atomic E-state index is 9.96. The Morgan fingerprint density at radius 2 is 2.26 bits per heavy atom. The Kier molecular flexibility index (Phi) is 3.28. The standard InChI is InChI=1S/C11H14ClN5O2/c12-11-15-10(7-2-1-3-17(7)16-11)14-6-4-13-5-8(18)9(6)19/h1-3,6,8-9,13,18-19H,4-5H2,(H,14,15,16)/t6-,8-,9+/m0/s1. The molecule has 3 atom stereocenters. The summed E-state index contributed by atoms with van der Waals surface area (Å²) in [5.74, 6) is 0.532. The number of halogens is 1. The summed E-state index contributed by atoms with van der Waals surface area (Å²) in [4.78, 5) is 4.13. The summed E-state index contributed by atoms with van der Waals surface area (Å²) in [6.07, 6.45) is 0.106. The molecule has 1 aliphatic heterocycles. The van der Waals surface area contributed by atoms with Crippen LogP contribution in [0.1, 0.15) is 0 Å². The van der Waals surface area contributed by atoms with Gasteiger partial charge in [-0.2, -0.15) is 4.98 Å². The summed E-state index contributed by atoms with van der Waals surface area (Å²) in [5, 5.41) is 29.9. The Morgan fingerprint density at radius 3 is 3.11 bits per heavy atom. The molecule has 0 spiro atoms. The molecule has 19 heavy (non-hydrogen) atoms. The van der Waals surface area contributed by atoms with Crippen molar-refractivity contribution in [2.75, 3.05) is 18.4 Å². The van der Waals surface area contributed by atoms with E-state index in [0.717, 1.165) is 5.52 Å². The molecule has 3 rings (SSSR count). The van der Waals surface area contributed by atoms with Crippen molar-refractivity contribution in [1.82, 2.24) is 19.9 Å². The number of hydrogen-bond donors (Lipinski definition) is 4. The van der Waals surface area contributed by atoms with E-state index in [-0.39, 0.29) is 11.3 Å². The third kappa shape index (κ3) is 2.37. The molecule has 0 aliphatic carbocycles. The molecule has 102 valence electrons. The van der Waals surface area contributed by atoms with Crippen molar-refractivity contribution >= 4 is 22.9 Å². The molecule has 0 amide bonds. The van der Waals surface area contributed by atoms with Gasteiger partial charge in [-0.05, 0) is 23.7 Å². The van der Waals surface area contributed by atoms with Crippen molar-refractivity contribution in [2.45, 2.75) is 18.2 Å². The molecule has 1 fully saturated rings. The number of nitrogens with one attached hydrogen (secondary N) is 2. The highest BCUT2D eigenvalue weighted by Crippen LogP contribution is 2.19. The van der Waals surface area contributed by atoms with Crippen molar-refractivity contribution in [3.63, 3.8) is 0 Å². The molecule has 3 heterocycles. The van der Waals surface area contributed by atoms with Crippen molar-refractivity contribution in [3.05, 3.63) is 23.6 Å². The molecule has 2 aromatic heterocycles. The van der Waals surface area contributed by atoms with Crippen molar-refractivity contribution in [1.29, 1.82) is 0 Å². The van der Waals surface area contributed by atoms with Crippen LogP contribution in [0.4, 0.5) is 5.82 Å². The lowest BCUT2D eigenvalue weighted by Gasteiger charge is -2.33. The van der Waals surface area contributed by atoms with Crippen molar-refractivity contribution in [2.24, 2.45) is 0 Å². The predicted molar refractivity (Wildman–Crippen MR) is 70.3 cm³/mol. The van der Waals surface area contributed by atoms with E-state index in [1.165, 1.54) is 0 Å². The molecular formula is C11H14ClN5O2. The van der Waals surface area contributed by atoms with E-state index in [4.69, 9.17) is 11.6 Å². The van der Waals surface area contributed by atoms with Crippen LogP contribution < -0.4 is 10.6 Å². The third-order valence-corrected chi connectivity index (χ3v) is 3.37. The average Bonchev–Trinajstić information content (AvgIpc) is 2.83. The van der Waals surface area contributed by atoms with Gasteiger partial charge in [0.15, 0.2) is 5.82 Å². The fourth-order valence-electron chi connectivity index (χ4n) is 2.22. The Bertz CT molecular complexity index is 589. The lowest BCUT2D eigenvalue weighted by atomic mass is 10.0. The lowest BCUT2D eigenvalue weighted by Crippen LogP contribution is -2.56. The van der Waals surface area contributed by atoms with Gasteiger partial charge in [-0.1, -0.05) is 0 Å². The zero-order valence-electron chi connectivity index (χ0n) is 9.99.